The Hall–Kier alpha value is -4.95. The van der Waals surface area contributed by atoms with Crippen LogP contribution in [0, 0.1) is 18.3 Å². The Morgan fingerprint density at radius 1 is 1.05 bits per heavy atom. The number of anilines is 2. The summed E-state index contributed by atoms with van der Waals surface area (Å²) in [4.78, 5) is 13.8. The third kappa shape index (κ3) is 4.73. The molecule has 1 aliphatic heterocycles. The zero-order valence-electron chi connectivity index (χ0n) is 21.8. The van der Waals surface area contributed by atoms with Gasteiger partial charge in [-0.05, 0) is 36.8 Å². The van der Waals surface area contributed by atoms with Crippen molar-refractivity contribution < 1.29 is 4.74 Å². The highest BCUT2D eigenvalue weighted by molar-refractivity contribution is 5.89. The number of nitrogens with zero attached hydrogens (tertiary/aromatic N) is 8. The van der Waals surface area contributed by atoms with E-state index in [1.54, 1.807) is 11.6 Å². The van der Waals surface area contributed by atoms with Crippen molar-refractivity contribution in [2.45, 2.75) is 13.5 Å². The van der Waals surface area contributed by atoms with Crippen LogP contribution in [0.25, 0.3) is 27.9 Å². The van der Waals surface area contributed by atoms with Gasteiger partial charge in [-0.1, -0.05) is 6.07 Å². The average molecular weight is 521 g/mol. The second kappa shape index (κ2) is 10.1. The van der Waals surface area contributed by atoms with Crippen LogP contribution in [0.1, 0.15) is 16.8 Å². The van der Waals surface area contributed by atoms with Gasteiger partial charge in [0, 0.05) is 74.1 Å². The van der Waals surface area contributed by atoms with Crippen LogP contribution in [0.4, 0.5) is 11.6 Å². The van der Waals surface area contributed by atoms with Crippen molar-refractivity contribution in [2.24, 2.45) is 0 Å². The topological polar surface area (TPSA) is 137 Å². The fourth-order valence-electron chi connectivity index (χ4n) is 4.99. The molecule has 0 amide bonds. The first kappa shape index (κ1) is 24.4. The van der Waals surface area contributed by atoms with Gasteiger partial charge in [-0.2, -0.15) is 10.4 Å². The number of methoxy groups -OCH3 is 1. The minimum atomic E-state index is 0.199. The Labute approximate surface area is 225 Å². The molecule has 1 aliphatic rings. The van der Waals surface area contributed by atoms with E-state index >= 15 is 0 Å². The first-order valence-electron chi connectivity index (χ1n) is 12.7. The van der Waals surface area contributed by atoms with E-state index in [9.17, 15) is 5.26 Å². The van der Waals surface area contributed by atoms with E-state index in [1.807, 2.05) is 55.8 Å². The molecule has 11 heteroatoms. The van der Waals surface area contributed by atoms with Crippen LogP contribution < -0.4 is 15.4 Å². The number of pyridine rings is 3. The second-order valence-electron chi connectivity index (χ2n) is 9.61. The van der Waals surface area contributed by atoms with Crippen LogP contribution in [0.2, 0.25) is 0 Å². The number of ether oxygens (including phenoxy) is 1. The fourth-order valence-corrected chi connectivity index (χ4v) is 4.99. The summed E-state index contributed by atoms with van der Waals surface area (Å²) in [5.41, 5.74) is 12.6. The van der Waals surface area contributed by atoms with E-state index in [0.29, 0.717) is 17.0 Å². The van der Waals surface area contributed by atoms with E-state index in [1.165, 1.54) is 5.56 Å². The predicted octanol–water partition coefficient (Wildman–Crippen LogP) is 3.27. The molecule has 5 aromatic rings. The van der Waals surface area contributed by atoms with E-state index in [4.69, 9.17) is 15.5 Å². The lowest BCUT2D eigenvalue weighted by molar-refractivity contribution is 0.249. The third-order valence-corrected chi connectivity index (χ3v) is 7.05. The van der Waals surface area contributed by atoms with Crippen LogP contribution in [0.5, 0.6) is 5.88 Å². The maximum Gasteiger partial charge on any atom is 0.212 e. The van der Waals surface area contributed by atoms with Gasteiger partial charge in [0.15, 0.2) is 5.82 Å². The number of nitrogens with two attached hydrogens (primary N) is 1. The van der Waals surface area contributed by atoms with Crippen LogP contribution in [0.15, 0.2) is 55.0 Å². The Bertz CT molecular complexity index is 1660. The Morgan fingerprint density at radius 3 is 2.54 bits per heavy atom. The van der Waals surface area contributed by atoms with E-state index in [-0.39, 0.29) is 5.82 Å². The lowest BCUT2D eigenvalue weighted by atomic mass is 10.0. The van der Waals surface area contributed by atoms with E-state index < -0.39 is 0 Å². The van der Waals surface area contributed by atoms with Gasteiger partial charge in [-0.15, -0.1) is 5.10 Å². The van der Waals surface area contributed by atoms with Gasteiger partial charge in [0.1, 0.15) is 17.5 Å². The number of piperazine rings is 1. The van der Waals surface area contributed by atoms with Crippen molar-refractivity contribution in [3.05, 3.63) is 71.8 Å². The number of rotatable bonds is 6. The number of aryl methyl sites for hydroxylation is 1. The van der Waals surface area contributed by atoms with Crippen molar-refractivity contribution >= 4 is 17.2 Å². The Kier molecular flexibility index (Phi) is 6.30. The molecule has 11 nitrogen and oxygen atoms in total. The molecule has 0 unspecified atom stereocenters. The molecule has 1 fully saturated rings. The smallest absolute Gasteiger partial charge is 0.212 e. The molecule has 39 heavy (non-hydrogen) atoms. The van der Waals surface area contributed by atoms with Gasteiger partial charge in [-0.3, -0.25) is 10.00 Å². The molecule has 0 aromatic carbocycles. The molecule has 5 aromatic heterocycles. The SMILES string of the molecule is COc1ccc(CN2CCN(c3ccc(-c4cc(-c5cc(C)n[nH]5)cn5nc(N)c(C#N)c45)cn3)CC2)cn1. The zero-order chi connectivity index (χ0) is 26.9. The summed E-state index contributed by atoms with van der Waals surface area (Å²) >= 11 is 0. The zero-order valence-corrected chi connectivity index (χ0v) is 21.8. The first-order valence-corrected chi connectivity index (χ1v) is 12.7. The number of aromatic amines is 1. The molecule has 3 N–H and O–H groups in total. The van der Waals surface area contributed by atoms with Gasteiger partial charge < -0.3 is 15.4 Å². The molecular weight excluding hydrogens is 492 g/mol. The quantitative estimate of drug-likeness (QED) is 0.345. The molecule has 0 radical (unpaired) electrons. The van der Waals surface area contributed by atoms with Crippen molar-refractivity contribution in [3.63, 3.8) is 0 Å². The Morgan fingerprint density at radius 2 is 1.90 bits per heavy atom. The number of fused-ring (bicyclic) bond motifs is 1. The van der Waals surface area contributed by atoms with Crippen molar-refractivity contribution in [1.29, 1.82) is 5.26 Å². The molecule has 6 heterocycles. The second-order valence-corrected chi connectivity index (χ2v) is 9.61. The van der Waals surface area contributed by atoms with Crippen LogP contribution in [-0.2, 0) is 6.54 Å². The number of nitrogens with one attached hydrogen (secondary N) is 1. The van der Waals surface area contributed by atoms with Gasteiger partial charge in [0.25, 0.3) is 0 Å². The third-order valence-electron chi connectivity index (χ3n) is 7.05. The summed E-state index contributed by atoms with van der Waals surface area (Å²) in [6.07, 6.45) is 5.58. The largest absolute Gasteiger partial charge is 0.481 e. The maximum absolute atomic E-state index is 9.78. The molecular formula is C28H28N10O. The summed E-state index contributed by atoms with van der Waals surface area (Å²) in [6, 6.07) is 14.2. The maximum atomic E-state index is 9.78. The lowest BCUT2D eigenvalue weighted by Gasteiger charge is -2.35. The van der Waals surface area contributed by atoms with Crippen LogP contribution in [0.3, 0.4) is 0 Å². The minimum Gasteiger partial charge on any atom is -0.481 e. The number of hydrogen-bond acceptors (Lipinski definition) is 9. The van der Waals surface area contributed by atoms with E-state index in [0.717, 1.165) is 66.6 Å². The van der Waals surface area contributed by atoms with Crippen molar-refractivity contribution in [2.75, 3.05) is 43.9 Å². The van der Waals surface area contributed by atoms with Gasteiger partial charge in [0.2, 0.25) is 5.88 Å². The minimum absolute atomic E-state index is 0.199. The van der Waals surface area contributed by atoms with Crippen molar-refractivity contribution in [1.82, 2.24) is 34.7 Å². The number of hydrogen-bond donors (Lipinski definition) is 2. The van der Waals surface area contributed by atoms with E-state index in [2.05, 4.69) is 42.2 Å². The Balaban J connectivity index is 1.23. The highest BCUT2D eigenvalue weighted by atomic mass is 16.5. The molecule has 6 rings (SSSR count). The summed E-state index contributed by atoms with van der Waals surface area (Å²) in [7, 11) is 1.62. The molecule has 0 aliphatic carbocycles. The lowest BCUT2D eigenvalue weighted by Crippen LogP contribution is -2.46. The number of H-pyrrole nitrogens is 1. The molecule has 0 atom stereocenters. The predicted molar refractivity (Wildman–Crippen MR) is 148 cm³/mol. The van der Waals surface area contributed by atoms with Gasteiger partial charge in [0.05, 0.1) is 24.0 Å². The highest BCUT2D eigenvalue weighted by Crippen LogP contribution is 2.33. The fraction of sp³-hybridized carbons (Fsp3) is 0.250. The summed E-state index contributed by atoms with van der Waals surface area (Å²) in [5.74, 6) is 1.75. The number of nitriles is 1. The number of aromatic nitrogens is 6. The van der Waals surface area contributed by atoms with Gasteiger partial charge in [-0.25, -0.2) is 14.5 Å². The number of nitrogen functional groups attached to an aromatic ring is 1. The highest BCUT2D eigenvalue weighted by Gasteiger charge is 2.20. The molecule has 0 spiro atoms. The van der Waals surface area contributed by atoms with Crippen LogP contribution >= 0.6 is 0 Å². The molecule has 1 saturated heterocycles. The average Bonchev–Trinajstić information content (AvgIpc) is 3.55. The summed E-state index contributed by atoms with van der Waals surface area (Å²) in [5, 5.41) is 21.5. The molecule has 0 saturated carbocycles. The van der Waals surface area contributed by atoms with Gasteiger partial charge >= 0.3 is 0 Å². The van der Waals surface area contributed by atoms with Crippen molar-refractivity contribution in [3.8, 4) is 34.3 Å². The molecule has 196 valence electrons. The monoisotopic (exact) mass is 520 g/mol. The molecule has 0 bridgehead atoms. The normalized spacial score (nSPS) is 14.0. The first-order chi connectivity index (χ1) is 19.0. The summed E-state index contributed by atoms with van der Waals surface area (Å²) in [6.45, 7) is 6.41. The van der Waals surface area contributed by atoms with Crippen LogP contribution in [-0.4, -0.2) is 68.0 Å². The standard InChI is InChI=1S/C28H28N10O/c1-18-11-24(34-33-18)21-12-22(27-23(13-29)28(30)35-38(27)17-21)20-4-5-25(31-15-20)37-9-7-36(8-10-37)16-19-3-6-26(39-2)32-14-19/h3-6,11-12,14-15,17H,7-10,16H2,1-2H3,(H2,30,35)(H,33,34). The summed E-state index contributed by atoms with van der Waals surface area (Å²) < 4.78 is 6.82.